The molecule has 1 aromatic carbocycles. The first-order chi connectivity index (χ1) is 9.76. The first-order valence-corrected chi connectivity index (χ1v) is 7.29. The van der Waals surface area contributed by atoms with Crippen molar-refractivity contribution in [2.45, 2.75) is 18.8 Å². The fourth-order valence-electron chi connectivity index (χ4n) is 2.92. The van der Waals surface area contributed by atoms with Crippen molar-refractivity contribution in [3.63, 3.8) is 0 Å². The van der Waals surface area contributed by atoms with Crippen molar-refractivity contribution in [3.05, 3.63) is 35.9 Å². The number of hydrogen-bond donors (Lipinski definition) is 1. The standard InChI is InChI=1S/C16H24N2O2/c1-20-12-13-6-5-9-18(11-13)16(19)15(10-17)14-7-3-2-4-8-14/h2-4,7-8,13,15H,5-6,9-12,17H2,1H3. The van der Waals surface area contributed by atoms with Gasteiger partial charge in [-0.15, -0.1) is 0 Å². The minimum absolute atomic E-state index is 0.152. The Morgan fingerprint density at radius 1 is 1.45 bits per heavy atom. The summed E-state index contributed by atoms with van der Waals surface area (Å²) in [6.45, 7) is 2.70. The third-order valence-corrected chi connectivity index (χ3v) is 3.97. The van der Waals surface area contributed by atoms with Gasteiger partial charge in [-0.2, -0.15) is 0 Å². The lowest BCUT2D eigenvalue weighted by Crippen LogP contribution is -2.44. The monoisotopic (exact) mass is 276 g/mol. The smallest absolute Gasteiger partial charge is 0.231 e. The molecule has 0 bridgehead atoms. The van der Waals surface area contributed by atoms with E-state index in [1.54, 1.807) is 7.11 Å². The van der Waals surface area contributed by atoms with Crippen molar-refractivity contribution < 1.29 is 9.53 Å². The molecule has 1 aliphatic heterocycles. The molecule has 2 atom stereocenters. The SMILES string of the molecule is COCC1CCCN(C(=O)C(CN)c2ccccc2)C1. The predicted molar refractivity (Wildman–Crippen MR) is 79.4 cm³/mol. The second-order valence-corrected chi connectivity index (χ2v) is 5.45. The number of hydrogen-bond acceptors (Lipinski definition) is 3. The molecule has 20 heavy (non-hydrogen) atoms. The fourth-order valence-corrected chi connectivity index (χ4v) is 2.92. The summed E-state index contributed by atoms with van der Waals surface area (Å²) in [6, 6.07) is 9.82. The summed E-state index contributed by atoms with van der Waals surface area (Å²) in [5, 5.41) is 0. The van der Waals surface area contributed by atoms with Gasteiger partial charge in [0.2, 0.25) is 5.91 Å². The van der Waals surface area contributed by atoms with Gasteiger partial charge in [0, 0.05) is 26.7 Å². The average molecular weight is 276 g/mol. The maximum atomic E-state index is 12.7. The van der Waals surface area contributed by atoms with Crippen LogP contribution in [-0.4, -0.2) is 44.2 Å². The number of carbonyl (C=O) groups excluding carboxylic acids is 1. The number of carbonyl (C=O) groups is 1. The minimum Gasteiger partial charge on any atom is -0.384 e. The minimum atomic E-state index is -0.225. The predicted octanol–water partition coefficient (Wildman–Crippen LogP) is 1.61. The van der Waals surface area contributed by atoms with Crippen LogP contribution in [0.1, 0.15) is 24.3 Å². The van der Waals surface area contributed by atoms with Crippen molar-refractivity contribution in [1.29, 1.82) is 0 Å². The topological polar surface area (TPSA) is 55.6 Å². The summed E-state index contributed by atoms with van der Waals surface area (Å²) in [6.07, 6.45) is 2.18. The molecule has 1 heterocycles. The quantitative estimate of drug-likeness (QED) is 0.889. The van der Waals surface area contributed by atoms with Crippen LogP contribution in [-0.2, 0) is 9.53 Å². The van der Waals surface area contributed by atoms with Crippen molar-refractivity contribution in [2.24, 2.45) is 11.7 Å². The Morgan fingerprint density at radius 3 is 2.85 bits per heavy atom. The van der Waals surface area contributed by atoms with Gasteiger partial charge in [-0.1, -0.05) is 30.3 Å². The molecule has 4 nitrogen and oxygen atoms in total. The van der Waals surface area contributed by atoms with Gasteiger partial charge in [0.05, 0.1) is 12.5 Å². The first kappa shape index (κ1) is 15.0. The number of amides is 1. The molecule has 1 aliphatic rings. The van der Waals surface area contributed by atoms with Crippen LogP contribution in [0.25, 0.3) is 0 Å². The lowest BCUT2D eigenvalue weighted by atomic mass is 9.94. The molecule has 1 saturated heterocycles. The Kier molecular flexibility index (Phi) is 5.56. The molecule has 2 N–H and O–H groups in total. The number of nitrogens with zero attached hydrogens (tertiary/aromatic N) is 1. The van der Waals surface area contributed by atoms with E-state index >= 15 is 0 Å². The van der Waals surface area contributed by atoms with E-state index in [4.69, 9.17) is 10.5 Å². The third kappa shape index (κ3) is 3.58. The van der Waals surface area contributed by atoms with E-state index in [1.165, 1.54) is 0 Å². The van der Waals surface area contributed by atoms with Gasteiger partial charge < -0.3 is 15.4 Å². The van der Waals surface area contributed by atoms with Crippen LogP contribution in [0.4, 0.5) is 0 Å². The normalized spacial score (nSPS) is 20.7. The summed E-state index contributed by atoms with van der Waals surface area (Å²) >= 11 is 0. The van der Waals surface area contributed by atoms with Crippen LogP contribution >= 0.6 is 0 Å². The van der Waals surface area contributed by atoms with E-state index in [-0.39, 0.29) is 11.8 Å². The molecule has 1 aromatic rings. The maximum Gasteiger partial charge on any atom is 0.231 e. The highest BCUT2D eigenvalue weighted by atomic mass is 16.5. The van der Waals surface area contributed by atoms with E-state index in [2.05, 4.69) is 0 Å². The van der Waals surface area contributed by atoms with E-state index in [9.17, 15) is 4.79 Å². The van der Waals surface area contributed by atoms with Crippen LogP contribution in [0.5, 0.6) is 0 Å². The van der Waals surface area contributed by atoms with E-state index in [1.807, 2.05) is 35.2 Å². The molecule has 0 radical (unpaired) electrons. The van der Waals surface area contributed by atoms with E-state index in [0.717, 1.165) is 38.1 Å². The third-order valence-electron chi connectivity index (χ3n) is 3.97. The van der Waals surface area contributed by atoms with Gasteiger partial charge in [0.25, 0.3) is 0 Å². The Hall–Kier alpha value is -1.39. The largest absolute Gasteiger partial charge is 0.384 e. The summed E-state index contributed by atoms with van der Waals surface area (Å²) in [5.41, 5.74) is 6.84. The van der Waals surface area contributed by atoms with Gasteiger partial charge in [-0.25, -0.2) is 0 Å². The molecular weight excluding hydrogens is 252 g/mol. The molecule has 0 saturated carbocycles. The summed E-state index contributed by atoms with van der Waals surface area (Å²) in [4.78, 5) is 14.6. The summed E-state index contributed by atoms with van der Waals surface area (Å²) in [7, 11) is 1.72. The summed E-state index contributed by atoms with van der Waals surface area (Å²) in [5.74, 6) is 0.379. The van der Waals surface area contributed by atoms with Crippen molar-refractivity contribution >= 4 is 5.91 Å². The number of methoxy groups -OCH3 is 1. The Morgan fingerprint density at radius 2 is 2.20 bits per heavy atom. The second-order valence-electron chi connectivity index (χ2n) is 5.45. The highest BCUT2D eigenvalue weighted by Crippen LogP contribution is 2.22. The molecule has 0 spiro atoms. The van der Waals surface area contributed by atoms with Crippen LogP contribution in [0.15, 0.2) is 30.3 Å². The molecular formula is C16H24N2O2. The zero-order valence-electron chi connectivity index (χ0n) is 12.1. The van der Waals surface area contributed by atoms with Crippen molar-refractivity contribution in [3.8, 4) is 0 Å². The van der Waals surface area contributed by atoms with Crippen LogP contribution in [0, 0.1) is 5.92 Å². The Bertz CT molecular complexity index is 420. The molecule has 110 valence electrons. The van der Waals surface area contributed by atoms with Gasteiger partial charge in [0.15, 0.2) is 0 Å². The second kappa shape index (κ2) is 7.41. The number of ether oxygens (including phenoxy) is 1. The lowest BCUT2D eigenvalue weighted by Gasteiger charge is -2.34. The molecule has 0 aromatic heterocycles. The number of nitrogens with two attached hydrogens (primary N) is 1. The molecule has 1 fully saturated rings. The van der Waals surface area contributed by atoms with Gasteiger partial charge in [-0.05, 0) is 24.3 Å². The molecule has 4 heteroatoms. The molecule has 0 aliphatic carbocycles. The number of piperidine rings is 1. The Labute approximate surface area is 120 Å². The van der Waals surface area contributed by atoms with Gasteiger partial charge in [0.1, 0.15) is 0 Å². The molecule has 2 rings (SSSR count). The zero-order valence-corrected chi connectivity index (χ0v) is 12.1. The van der Waals surface area contributed by atoms with Crippen molar-refractivity contribution in [1.82, 2.24) is 4.90 Å². The first-order valence-electron chi connectivity index (χ1n) is 7.29. The van der Waals surface area contributed by atoms with Crippen LogP contribution < -0.4 is 5.73 Å². The number of likely N-dealkylation sites (tertiary alicyclic amines) is 1. The lowest BCUT2D eigenvalue weighted by molar-refractivity contribution is -0.134. The number of rotatable bonds is 5. The fraction of sp³-hybridized carbons (Fsp3) is 0.562. The van der Waals surface area contributed by atoms with E-state index < -0.39 is 0 Å². The van der Waals surface area contributed by atoms with Gasteiger partial charge in [-0.3, -0.25) is 4.79 Å². The highest BCUT2D eigenvalue weighted by molar-refractivity contribution is 5.84. The maximum absolute atomic E-state index is 12.7. The molecule has 2 unspecified atom stereocenters. The highest BCUT2D eigenvalue weighted by Gasteiger charge is 2.28. The van der Waals surface area contributed by atoms with E-state index in [0.29, 0.717) is 12.5 Å². The average Bonchev–Trinajstić information content (AvgIpc) is 2.50. The zero-order chi connectivity index (χ0) is 14.4. The number of benzene rings is 1. The van der Waals surface area contributed by atoms with Crippen LogP contribution in [0.2, 0.25) is 0 Å². The summed E-state index contributed by atoms with van der Waals surface area (Å²) < 4.78 is 5.22. The molecule has 1 amide bonds. The van der Waals surface area contributed by atoms with Crippen LogP contribution in [0.3, 0.4) is 0 Å². The van der Waals surface area contributed by atoms with Gasteiger partial charge >= 0.3 is 0 Å². The van der Waals surface area contributed by atoms with Crippen molar-refractivity contribution in [2.75, 3.05) is 33.4 Å². The Balaban J connectivity index is 2.05.